The van der Waals surface area contributed by atoms with Gasteiger partial charge in [0.2, 0.25) is 13.6 Å². The van der Waals surface area contributed by atoms with E-state index >= 15 is 0 Å². The second kappa shape index (κ2) is 7.42. The van der Waals surface area contributed by atoms with E-state index in [0.29, 0.717) is 41.5 Å². The Hall–Kier alpha value is -3.45. The van der Waals surface area contributed by atoms with Gasteiger partial charge in [0.1, 0.15) is 0 Å². The van der Waals surface area contributed by atoms with Crippen molar-refractivity contribution >= 4 is 16.7 Å². The molecule has 30 heavy (non-hydrogen) atoms. The molecule has 0 bridgehead atoms. The van der Waals surface area contributed by atoms with Crippen LogP contribution in [-0.4, -0.2) is 33.2 Å². The number of carbonyl (C=O) groups excluding carboxylic acids is 1. The molecule has 0 spiro atoms. The molecule has 3 aromatic carbocycles. The van der Waals surface area contributed by atoms with Gasteiger partial charge in [-0.05, 0) is 65.7 Å². The average Bonchev–Trinajstić information content (AvgIpc) is 3.44. The standard InChI is InChI=1S/C23H21NO6/c1-26-23(25)16-9-13-5-7-18-22(30-12-28-18)21(13)20(15(16)3-2-8-24)14-4-6-17-19(10-14)29-11-27-17/h4-7,9-10H,2-3,8,11-12,24H2,1H3. The van der Waals surface area contributed by atoms with Crippen molar-refractivity contribution in [3.63, 3.8) is 0 Å². The van der Waals surface area contributed by atoms with Crippen LogP contribution in [0.2, 0.25) is 0 Å². The lowest BCUT2D eigenvalue weighted by Crippen LogP contribution is -2.10. The van der Waals surface area contributed by atoms with Crippen molar-refractivity contribution in [1.29, 1.82) is 0 Å². The van der Waals surface area contributed by atoms with Crippen LogP contribution in [0.1, 0.15) is 22.3 Å². The Morgan fingerprint density at radius 3 is 2.60 bits per heavy atom. The normalized spacial score (nSPS) is 13.7. The van der Waals surface area contributed by atoms with Gasteiger partial charge in [-0.25, -0.2) is 4.79 Å². The lowest BCUT2D eigenvalue weighted by molar-refractivity contribution is 0.0599. The van der Waals surface area contributed by atoms with Gasteiger partial charge >= 0.3 is 5.97 Å². The van der Waals surface area contributed by atoms with E-state index in [4.69, 9.17) is 29.4 Å². The zero-order chi connectivity index (χ0) is 20.7. The van der Waals surface area contributed by atoms with E-state index in [-0.39, 0.29) is 19.6 Å². The van der Waals surface area contributed by atoms with Crippen molar-refractivity contribution in [2.75, 3.05) is 27.2 Å². The van der Waals surface area contributed by atoms with Crippen molar-refractivity contribution in [3.8, 4) is 34.1 Å². The highest BCUT2D eigenvalue weighted by molar-refractivity contribution is 6.09. The number of carbonyl (C=O) groups is 1. The second-order valence-corrected chi connectivity index (χ2v) is 7.13. The largest absolute Gasteiger partial charge is 0.465 e. The maximum atomic E-state index is 12.7. The Kier molecular flexibility index (Phi) is 4.59. The van der Waals surface area contributed by atoms with Crippen molar-refractivity contribution in [3.05, 3.63) is 47.5 Å². The molecule has 0 radical (unpaired) electrons. The lowest BCUT2D eigenvalue weighted by Gasteiger charge is -2.19. The predicted molar refractivity (Wildman–Crippen MR) is 110 cm³/mol. The zero-order valence-electron chi connectivity index (χ0n) is 16.5. The fourth-order valence-electron chi connectivity index (χ4n) is 4.10. The summed E-state index contributed by atoms with van der Waals surface area (Å²) in [4.78, 5) is 12.7. The molecule has 3 aromatic rings. The topological polar surface area (TPSA) is 89.2 Å². The Balaban J connectivity index is 1.86. The molecule has 154 valence electrons. The molecule has 2 heterocycles. The molecule has 0 aromatic heterocycles. The first-order valence-corrected chi connectivity index (χ1v) is 9.78. The van der Waals surface area contributed by atoms with E-state index in [1.807, 2.05) is 36.4 Å². The van der Waals surface area contributed by atoms with E-state index < -0.39 is 0 Å². The molecule has 0 saturated heterocycles. The number of nitrogens with two attached hydrogens (primary N) is 1. The Morgan fingerprint density at radius 2 is 1.77 bits per heavy atom. The highest BCUT2D eigenvalue weighted by atomic mass is 16.7. The molecule has 0 atom stereocenters. The first kappa shape index (κ1) is 18.6. The summed E-state index contributed by atoms with van der Waals surface area (Å²) in [5.41, 5.74) is 8.97. The maximum Gasteiger partial charge on any atom is 0.338 e. The van der Waals surface area contributed by atoms with Gasteiger partial charge in [-0.1, -0.05) is 12.1 Å². The fraction of sp³-hybridized carbons (Fsp3) is 0.261. The molecule has 7 heteroatoms. The number of methoxy groups -OCH3 is 1. The van der Waals surface area contributed by atoms with Gasteiger partial charge in [-0.3, -0.25) is 0 Å². The number of rotatable bonds is 5. The van der Waals surface area contributed by atoms with Crippen molar-refractivity contribution in [2.24, 2.45) is 5.73 Å². The van der Waals surface area contributed by atoms with Crippen LogP contribution >= 0.6 is 0 Å². The third-order valence-electron chi connectivity index (χ3n) is 5.45. The van der Waals surface area contributed by atoms with Crippen molar-refractivity contribution in [2.45, 2.75) is 12.8 Å². The molecule has 2 N–H and O–H groups in total. The predicted octanol–water partition coefficient (Wildman–Crippen LogP) is 3.64. The Labute approximate surface area is 173 Å². The van der Waals surface area contributed by atoms with E-state index in [1.54, 1.807) is 0 Å². The molecule has 2 aliphatic heterocycles. The summed E-state index contributed by atoms with van der Waals surface area (Å²) >= 11 is 0. The minimum Gasteiger partial charge on any atom is -0.465 e. The summed E-state index contributed by atoms with van der Waals surface area (Å²) in [5.74, 6) is 2.33. The van der Waals surface area contributed by atoms with E-state index in [9.17, 15) is 4.79 Å². The number of hydrogen-bond donors (Lipinski definition) is 1. The van der Waals surface area contributed by atoms with Crippen LogP contribution in [0.4, 0.5) is 0 Å². The smallest absolute Gasteiger partial charge is 0.338 e. The van der Waals surface area contributed by atoms with Crippen LogP contribution in [0.25, 0.3) is 21.9 Å². The van der Waals surface area contributed by atoms with Crippen molar-refractivity contribution in [1.82, 2.24) is 0 Å². The number of esters is 1. The molecule has 2 aliphatic rings. The van der Waals surface area contributed by atoms with Gasteiger partial charge in [0.25, 0.3) is 0 Å². The number of benzene rings is 3. The van der Waals surface area contributed by atoms with Gasteiger partial charge in [-0.15, -0.1) is 0 Å². The van der Waals surface area contributed by atoms with Crippen molar-refractivity contribution < 1.29 is 28.5 Å². The average molecular weight is 407 g/mol. The van der Waals surface area contributed by atoms with Gasteiger partial charge < -0.3 is 29.4 Å². The zero-order valence-corrected chi connectivity index (χ0v) is 16.5. The summed E-state index contributed by atoms with van der Waals surface area (Å²) in [5, 5.41) is 1.76. The summed E-state index contributed by atoms with van der Waals surface area (Å²) in [6.07, 6.45) is 1.34. The van der Waals surface area contributed by atoms with E-state index in [2.05, 4.69) is 0 Å². The molecule has 5 rings (SSSR count). The van der Waals surface area contributed by atoms with Crippen LogP contribution in [0.3, 0.4) is 0 Å². The molecule has 7 nitrogen and oxygen atoms in total. The van der Waals surface area contributed by atoms with Gasteiger partial charge in [0.15, 0.2) is 23.0 Å². The van der Waals surface area contributed by atoms with Crippen LogP contribution < -0.4 is 24.7 Å². The van der Waals surface area contributed by atoms with Crippen LogP contribution in [-0.2, 0) is 11.2 Å². The van der Waals surface area contributed by atoms with Gasteiger partial charge in [-0.2, -0.15) is 0 Å². The third-order valence-corrected chi connectivity index (χ3v) is 5.45. The summed E-state index contributed by atoms with van der Waals surface area (Å²) in [7, 11) is 1.39. The SMILES string of the molecule is COC(=O)c1cc2ccc3c(c2c(-c2ccc4c(c2)OCO4)c1CCCN)OCO3. The molecular formula is C23H21NO6. The highest BCUT2D eigenvalue weighted by Crippen LogP contribution is 2.48. The van der Waals surface area contributed by atoms with Crippen LogP contribution in [0.5, 0.6) is 23.0 Å². The third kappa shape index (κ3) is 2.90. The second-order valence-electron chi connectivity index (χ2n) is 7.13. The Morgan fingerprint density at radius 1 is 1.00 bits per heavy atom. The van der Waals surface area contributed by atoms with E-state index in [0.717, 1.165) is 33.9 Å². The number of fused-ring (bicyclic) bond motifs is 4. The van der Waals surface area contributed by atoms with Gasteiger partial charge in [0.05, 0.1) is 12.7 Å². The maximum absolute atomic E-state index is 12.7. The minimum absolute atomic E-state index is 0.159. The minimum atomic E-state index is -0.386. The molecule has 0 fully saturated rings. The summed E-state index contributed by atoms with van der Waals surface area (Å²) in [6, 6.07) is 11.4. The fourth-order valence-corrected chi connectivity index (χ4v) is 4.10. The van der Waals surface area contributed by atoms with Crippen LogP contribution in [0, 0.1) is 0 Å². The first-order valence-electron chi connectivity index (χ1n) is 9.78. The molecule has 0 aliphatic carbocycles. The first-order chi connectivity index (χ1) is 14.7. The summed E-state index contributed by atoms with van der Waals surface area (Å²) < 4.78 is 27.6. The summed E-state index contributed by atoms with van der Waals surface area (Å²) in [6.45, 7) is 0.853. The molecule has 0 unspecified atom stereocenters. The van der Waals surface area contributed by atoms with Gasteiger partial charge in [0, 0.05) is 5.39 Å². The highest BCUT2D eigenvalue weighted by Gasteiger charge is 2.27. The lowest BCUT2D eigenvalue weighted by atomic mass is 9.86. The molecule has 0 saturated carbocycles. The van der Waals surface area contributed by atoms with E-state index in [1.165, 1.54) is 7.11 Å². The number of hydrogen-bond acceptors (Lipinski definition) is 7. The molecule has 0 amide bonds. The quantitative estimate of drug-likeness (QED) is 0.646. The Bertz CT molecular complexity index is 1160. The number of ether oxygens (including phenoxy) is 5. The monoisotopic (exact) mass is 407 g/mol. The molecular weight excluding hydrogens is 386 g/mol. The van der Waals surface area contributed by atoms with Crippen LogP contribution in [0.15, 0.2) is 36.4 Å².